The van der Waals surface area contributed by atoms with Gasteiger partial charge in [0.05, 0.1) is 0 Å². The molecular formula is C13H13N3O. The number of nitrogens with one attached hydrogen (secondary N) is 1. The molecule has 0 aromatic heterocycles. The highest BCUT2D eigenvalue weighted by atomic mass is 16.1. The zero-order valence-corrected chi connectivity index (χ0v) is 9.18. The van der Waals surface area contributed by atoms with Crippen LogP contribution in [0.4, 0.5) is 11.4 Å². The van der Waals surface area contributed by atoms with E-state index >= 15 is 0 Å². The Kier molecular flexibility index (Phi) is 4.48. The summed E-state index contributed by atoms with van der Waals surface area (Å²) >= 11 is 0. The topological polar surface area (TPSA) is 93.0 Å². The van der Waals surface area contributed by atoms with Gasteiger partial charge in [0.2, 0.25) is 6.08 Å². The highest BCUT2D eigenvalue weighted by Gasteiger charge is 1.95. The van der Waals surface area contributed by atoms with E-state index in [1.807, 2.05) is 48.5 Å². The molecule has 17 heavy (non-hydrogen) atoms. The summed E-state index contributed by atoms with van der Waals surface area (Å²) < 4.78 is 0. The second-order valence-corrected chi connectivity index (χ2v) is 3.35. The Bertz CT molecular complexity index is 454. The van der Waals surface area contributed by atoms with Crippen LogP contribution >= 0.6 is 0 Å². The molecule has 86 valence electrons. The predicted octanol–water partition coefficient (Wildman–Crippen LogP) is 2.42. The summed E-state index contributed by atoms with van der Waals surface area (Å²) in [4.78, 5) is 8.35. The standard InChI is InChI=1S/C12H12N2.CHNO/c13-11-5-1-9(2-6-11)10-3-7-12(14)8-4-10;2-1-3/h1-8H,13-14H2;2H. The van der Waals surface area contributed by atoms with E-state index < -0.39 is 0 Å². The largest absolute Gasteiger partial charge is 0.399 e. The molecule has 2 rings (SSSR count). The van der Waals surface area contributed by atoms with Crippen molar-refractivity contribution in [3.8, 4) is 11.1 Å². The van der Waals surface area contributed by atoms with E-state index in [1.165, 1.54) is 0 Å². The molecule has 4 heteroatoms. The van der Waals surface area contributed by atoms with Crippen LogP contribution in [0.15, 0.2) is 48.5 Å². The van der Waals surface area contributed by atoms with E-state index in [0.29, 0.717) is 0 Å². The number of hydrogen-bond donors (Lipinski definition) is 3. The Morgan fingerprint density at radius 1 is 0.765 bits per heavy atom. The maximum absolute atomic E-state index is 8.35. The van der Waals surface area contributed by atoms with Crippen LogP contribution < -0.4 is 11.5 Å². The smallest absolute Gasteiger partial charge is 0.231 e. The molecule has 0 unspecified atom stereocenters. The van der Waals surface area contributed by atoms with Gasteiger partial charge in [0.15, 0.2) is 0 Å². The minimum Gasteiger partial charge on any atom is -0.399 e. The molecule has 0 aliphatic heterocycles. The molecule has 0 radical (unpaired) electrons. The molecular weight excluding hydrogens is 214 g/mol. The quantitative estimate of drug-likeness (QED) is 0.396. The van der Waals surface area contributed by atoms with Gasteiger partial charge < -0.3 is 11.5 Å². The van der Waals surface area contributed by atoms with E-state index in [0.717, 1.165) is 28.6 Å². The molecule has 4 nitrogen and oxygen atoms in total. The average Bonchev–Trinajstić information content (AvgIpc) is 2.32. The number of benzene rings is 2. The van der Waals surface area contributed by atoms with Gasteiger partial charge in [-0.2, -0.15) is 0 Å². The first-order chi connectivity index (χ1) is 8.17. The van der Waals surface area contributed by atoms with Gasteiger partial charge in [-0.3, -0.25) is 0 Å². The van der Waals surface area contributed by atoms with Gasteiger partial charge >= 0.3 is 0 Å². The van der Waals surface area contributed by atoms with Crippen molar-refractivity contribution in [2.75, 3.05) is 11.5 Å². The number of nitrogen functional groups attached to an aromatic ring is 2. The third kappa shape index (κ3) is 3.81. The van der Waals surface area contributed by atoms with Crippen LogP contribution in [-0.4, -0.2) is 6.08 Å². The first-order valence-corrected chi connectivity index (χ1v) is 4.92. The Hall–Kier alpha value is -2.58. The lowest BCUT2D eigenvalue weighted by Gasteiger charge is -2.02. The van der Waals surface area contributed by atoms with Gasteiger partial charge in [0, 0.05) is 11.4 Å². The van der Waals surface area contributed by atoms with Gasteiger partial charge in [-0.1, -0.05) is 24.3 Å². The maximum atomic E-state index is 8.35. The van der Waals surface area contributed by atoms with Gasteiger partial charge in [-0.05, 0) is 35.4 Å². The SMILES string of the molecule is N=C=O.Nc1ccc(-c2ccc(N)cc2)cc1. The Morgan fingerprint density at radius 2 is 1.00 bits per heavy atom. The van der Waals surface area contributed by atoms with E-state index in [4.69, 9.17) is 21.7 Å². The summed E-state index contributed by atoms with van der Waals surface area (Å²) in [6.07, 6.45) is 0.750. The lowest BCUT2D eigenvalue weighted by molar-refractivity contribution is 0.563. The van der Waals surface area contributed by atoms with Crippen LogP contribution in [0, 0.1) is 5.41 Å². The van der Waals surface area contributed by atoms with Crippen LogP contribution in [0.2, 0.25) is 0 Å². The Morgan fingerprint density at radius 3 is 1.24 bits per heavy atom. The molecule has 0 amide bonds. The molecule has 5 N–H and O–H groups in total. The molecule has 0 bridgehead atoms. The van der Waals surface area contributed by atoms with Crippen LogP contribution in [0.3, 0.4) is 0 Å². The summed E-state index contributed by atoms with van der Waals surface area (Å²) in [7, 11) is 0. The average molecular weight is 227 g/mol. The minimum absolute atomic E-state index is 0.750. The highest BCUT2D eigenvalue weighted by Crippen LogP contribution is 2.21. The molecule has 0 aliphatic rings. The Balaban J connectivity index is 0.000000437. The first kappa shape index (κ1) is 12.5. The van der Waals surface area contributed by atoms with Gasteiger partial charge in [0.1, 0.15) is 0 Å². The third-order valence-corrected chi connectivity index (χ3v) is 2.15. The van der Waals surface area contributed by atoms with E-state index in [2.05, 4.69) is 0 Å². The summed E-state index contributed by atoms with van der Waals surface area (Å²) in [5, 5.41) is 5.40. The molecule has 0 saturated carbocycles. The van der Waals surface area contributed by atoms with Crippen molar-refractivity contribution in [1.82, 2.24) is 0 Å². The summed E-state index contributed by atoms with van der Waals surface area (Å²) in [6, 6.07) is 15.6. The molecule has 0 fully saturated rings. The van der Waals surface area contributed by atoms with Gasteiger partial charge in [-0.15, -0.1) is 0 Å². The van der Waals surface area contributed by atoms with Crippen molar-refractivity contribution in [3.63, 3.8) is 0 Å². The summed E-state index contributed by atoms with van der Waals surface area (Å²) in [5.74, 6) is 0. The fraction of sp³-hybridized carbons (Fsp3) is 0. The zero-order chi connectivity index (χ0) is 12.7. The van der Waals surface area contributed by atoms with E-state index in [1.54, 1.807) is 0 Å². The second-order valence-electron chi connectivity index (χ2n) is 3.35. The fourth-order valence-electron chi connectivity index (χ4n) is 1.35. The van der Waals surface area contributed by atoms with Crippen molar-refractivity contribution >= 4 is 17.5 Å². The first-order valence-electron chi connectivity index (χ1n) is 4.92. The van der Waals surface area contributed by atoms with Crippen molar-refractivity contribution in [1.29, 1.82) is 5.41 Å². The van der Waals surface area contributed by atoms with Crippen molar-refractivity contribution in [2.45, 2.75) is 0 Å². The van der Waals surface area contributed by atoms with Crippen LogP contribution in [0.1, 0.15) is 0 Å². The molecule has 0 saturated heterocycles. The Labute approximate surface area is 99.4 Å². The molecule has 0 aliphatic carbocycles. The second kappa shape index (κ2) is 6.10. The van der Waals surface area contributed by atoms with Crippen molar-refractivity contribution in [2.24, 2.45) is 0 Å². The molecule has 0 heterocycles. The summed E-state index contributed by atoms with van der Waals surface area (Å²) in [6.45, 7) is 0. The minimum atomic E-state index is 0.750. The van der Waals surface area contributed by atoms with E-state index in [-0.39, 0.29) is 0 Å². The lowest BCUT2D eigenvalue weighted by Crippen LogP contribution is -1.85. The normalized spacial score (nSPS) is 8.71. The van der Waals surface area contributed by atoms with Crippen LogP contribution in [0.5, 0.6) is 0 Å². The van der Waals surface area contributed by atoms with E-state index in [9.17, 15) is 0 Å². The van der Waals surface area contributed by atoms with Crippen molar-refractivity contribution in [3.05, 3.63) is 48.5 Å². The molecule has 0 atom stereocenters. The molecule has 2 aromatic rings. The molecule has 0 spiro atoms. The monoisotopic (exact) mass is 227 g/mol. The number of hydrogen-bond acceptors (Lipinski definition) is 4. The molecule has 2 aromatic carbocycles. The lowest BCUT2D eigenvalue weighted by atomic mass is 10.1. The third-order valence-electron chi connectivity index (χ3n) is 2.15. The number of carbonyl (C=O) groups excluding carboxylic acids is 1. The number of rotatable bonds is 1. The van der Waals surface area contributed by atoms with Crippen LogP contribution in [-0.2, 0) is 4.79 Å². The zero-order valence-electron chi connectivity index (χ0n) is 9.18. The number of isocyanates is 1. The highest BCUT2D eigenvalue weighted by molar-refractivity contribution is 5.67. The number of nitrogens with two attached hydrogens (primary N) is 2. The van der Waals surface area contributed by atoms with Gasteiger partial charge in [0.25, 0.3) is 0 Å². The number of anilines is 2. The summed E-state index contributed by atoms with van der Waals surface area (Å²) in [5.41, 5.74) is 15.1. The van der Waals surface area contributed by atoms with Crippen LogP contribution in [0.25, 0.3) is 11.1 Å². The van der Waals surface area contributed by atoms with Gasteiger partial charge in [-0.25, -0.2) is 10.2 Å². The van der Waals surface area contributed by atoms with Crippen molar-refractivity contribution < 1.29 is 4.79 Å². The maximum Gasteiger partial charge on any atom is 0.231 e. The fourth-order valence-corrected chi connectivity index (χ4v) is 1.35. The predicted molar refractivity (Wildman–Crippen MR) is 69.1 cm³/mol.